The summed E-state index contributed by atoms with van der Waals surface area (Å²) in [5.41, 5.74) is 7.78. The fourth-order valence-corrected chi connectivity index (χ4v) is 2.63. The van der Waals surface area contributed by atoms with Gasteiger partial charge >= 0.3 is 0 Å². The lowest BCUT2D eigenvalue weighted by atomic mass is 10.00. The van der Waals surface area contributed by atoms with Crippen LogP contribution in [0.2, 0.25) is 10.0 Å². The van der Waals surface area contributed by atoms with Gasteiger partial charge in [-0.2, -0.15) is 0 Å². The van der Waals surface area contributed by atoms with Crippen LogP contribution < -0.4 is 5.73 Å². The zero-order valence-corrected chi connectivity index (χ0v) is 12.9. The third-order valence-electron chi connectivity index (χ3n) is 2.75. The predicted octanol–water partition coefficient (Wildman–Crippen LogP) is 5.14. The summed E-state index contributed by atoms with van der Waals surface area (Å²) in [7, 11) is 0. The van der Waals surface area contributed by atoms with E-state index in [2.05, 4.69) is 15.9 Å². The number of rotatable bonds is 3. The van der Waals surface area contributed by atoms with Crippen LogP contribution in [0.4, 0.5) is 4.39 Å². The highest BCUT2D eigenvalue weighted by Crippen LogP contribution is 2.26. The molecule has 0 aromatic heterocycles. The standard InChI is InChI=1S/C14H11BrCl2FN/c15-10-5-9(6-11(18)7-10)14(19)4-8-1-2-12(16)13(17)3-8/h1-3,5-7,14H,4,19H2. The summed E-state index contributed by atoms with van der Waals surface area (Å²) < 4.78 is 14.0. The number of nitrogens with two attached hydrogens (primary N) is 1. The number of hydrogen-bond acceptors (Lipinski definition) is 1. The van der Waals surface area contributed by atoms with Crippen molar-refractivity contribution in [1.29, 1.82) is 0 Å². The maximum absolute atomic E-state index is 13.3. The minimum atomic E-state index is -0.311. The predicted molar refractivity (Wildman–Crippen MR) is 81.2 cm³/mol. The molecule has 100 valence electrons. The monoisotopic (exact) mass is 361 g/mol. The molecule has 19 heavy (non-hydrogen) atoms. The fourth-order valence-electron chi connectivity index (χ4n) is 1.83. The minimum Gasteiger partial charge on any atom is -0.324 e. The van der Waals surface area contributed by atoms with E-state index < -0.39 is 0 Å². The van der Waals surface area contributed by atoms with Gasteiger partial charge in [-0.3, -0.25) is 0 Å². The molecule has 0 radical (unpaired) electrons. The summed E-state index contributed by atoms with van der Waals surface area (Å²) in [6, 6.07) is 9.71. The van der Waals surface area contributed by atoms with Crippen molar-refractivity contribution in [3.05, 3.63) is 67.9 Å². The molecule has 2 aromatic carbocycles. The minimum absolute atomic E-state index is 0.302. The Hall–Kier alpha value is -0.610. The Bertz CT molecular complexity index is 584. The van der Waals surface area contributed by atoms with E-state index in [1.807, 2.05) is 12.1 Å². The van der Waals surface area contributed by atoms with Crippen molar-refractivity contribution in [2.45, 2.75) is 12.5 Å². The second-order valence-corrected chi connectivity index (χ2v) is 5.99. The van der Waals surface area contributed by atoms with E-state index in [4.69, 9.17) is 28.9 Å². The molecule has 0 bridgehead atoms. The number of halogens is 4. The normalized spacial score (nSPS) is 12.5. The summed E-state index contributed by atoms with van der Waals surface area (Å²) in [6.45, 7) is 0. The average Bonchev–Trinajstić information content (AvgIpc) is 2.32. The molecule has 0 heterocycles. The molecule has 1 unspecified atom stereocenters. The van der Waals surface area contributed by atoms with Gasteiger partial charge in [-0.15, -0.1) is 0 Å². The van der Waals surface area contributed by atoms with E-state index in [1.54, 1.807) is 12.1 Å². The van der Waals surface area contributed by atoms with Gasteiger partial charge in [0.05, 0.1) is 10.0 Å². The molecule has 0 saturated carbocycles. The average molecular weight is 363 g/mol. The van der Waals surface area contributed by atoms with Crippen LogP contribution in [0.1, 0.15) is 17.2 Å². The van der Waals surface area contributed by atoms with Crippen LogP contribution in [0, 0.1) is 5.82 Å². The van der Waals surface area contributed by atoms with E-state index >= 15 is 0 Å². The lowest BCUT2D eigenvalue weighted by molar-refractivity contribution is 0.617. The third-order valence-corrected chi connectivity index (χ3v) is 3.95. The van der Waals surface area contributed by atoms with Crippen molar-refractivity contribution in [3.8, 4) is 0 Å². The molecule has 2 N–H and O–H groups in total. The van der Waals surface area contributed by atoms with Crippen LogP contribution in [0.3, 0.4) is 0 Å². The zero-order chi connectivity index (χ0) is 14.0. The van der Waals surface area contributed by atoms with Crippen LogP contribution in [0.15, 0.2) is 40.9 Å². The van der Waals surface area contributed by atoms with Gasteiger partial charge in [0.1, 0.15) is 5.82 Å². The SMILES string of the molecule is NC(Cc1ccc(Cl)c(Cl)c1)c1cc(F)cc(Br)c1. The van der Waals surface area contributed by atoms with Gasteiger partial charge in [-0.25, -0.2) is 4.39 Å². The Morgan fingerprint density at radius 1 is 1.11 bits per heavy atom. The third kappa shape index (κ3) is 3.93. The first kappa shape index (κ1) is 14.8. The highest BCUT2D eigenvalue weighted by atomic mass is 79.9. The van der Waals surface area contributed by atoms with Gasteiger partial charge < -0.3 is 5.73 Å². The molecule has 0 saturated heterocycles. The van der Waals surface area contributed by atoms with E-state index in [-0.39, 0.29) is 11.9 Å². The maximum Gasteiger partial charge on any atom is 0.124 e. The van der Waals surface area contributed by atoms with Crippen LogP contribution >= 0.6 is 39.1 Å². The molecule has 0 fully saturated rings. The molecule has 2 aromatic rings. The lowest BCUT2D eigenvalue weighted by Gasteiger charge is -2.13. The first-order valence-electron chi connectivity index (χ1n) is 5.61. The molecule has 5 heteroatoms. The summed E-state index contributed by atoms with van der Waals surface area (Å²) in [4.78, 5) is 0. The second kappa shape index (κ2) is 6.23. The molecular weight excluding hydrogens is 352 g/mol. The van der Waals surface area contributed by atoms with E-state index in [1.165, 1.54) is 12.1 Å². The maximum atomic E-state index is 13.3. The molecular formula is C14H11BrCl2FN. The van der Waals surface area contributed by atoms with Crippen LogP contribution in [0.25, 0.3) is 0 Å². The van der Waals surface area contributed by atoms with Crippen molar-refractivity contribution in [2.75, 3.05) is 0 Å². The van der Waals surface area contributed by atoms with Gasteiger partial charge in [0.15, 0.2) is 0 Å². The van der Waals surface area contributed by atoms with E-state index in [0.717, 1.165) is 11.1 Å². The van der Waals surface area contributed by atoms with Crippen molar-refractivity contribution >= 4 is 39.1 Å². The molecule has 0 spiro atoms. The van der Waals surface area contributed by atoms with Crippen molar-refractivity contribution < 1.29 is 4.39 Å². The smallest absolute Gasteiger partial charge is 0.124 e. The van der Waals surface area contributed by atoms with Crippen molar-refractivity contribution in [1.82, 2.24) is 0 Å². The Morgan fingerprint density at radius 2 is 1.84 bits per heavy atom. The van der Waals surface area contributed by atoms with Gasteiger partial charge in [0.2, 0.25) is 0 Å². The number of benzene rings is 2. The fraction of sp³-hybridized carbons (Fsp3) is 0.143. The first-order chi connectivity index (χ1) is 8.95. The molecule has 0 aliphatic heterocycles. The topological polar surface area (TPSA) is 26.0 Å². The Kier molecular flexibility index (Phi) is 4.85. The Labute approximate surface area is 129 Å². The largest absolute Gasteiger partial charge is 0.324 e. The molecule has 1 atom stereocenters. The molecule has 0 amide bonds. The summed E-state index contributed by atoms with van der Waals surface area (Å²) in [6.07, 6.45) is 0.562. The lowest BCUT2D eigenvalue weighted by Crippen LogP contribution is -2.13. The second-order valence-electron chi connectivity index (χ2n) is 4.26. The molecule has 0 aliphatic rings. The van der Waals surface area contributed by atoms with Crippen molar-refractivity contribution in [2.24, 2.45) is 5.73 Å². The van der Waals surface area contributed by atoms with E-state index in [9.17, 15) is 4.39 Å². The first-order valence-corrected chi connectivity index (χ1v) is 7.16. The van der Waals surface area contributed by atoms with Gasteiger partial charge in [-0.05, 0) is 47.9 Å². The van der Waals surface area contributed by atoms with Crippen LogP contribution in [0.5, 0.6) is 0 Å². The highest BCUT2D eigenvalue weighted by Gasteiger charge is 2.10. The van der Waals surface area contributed by atoms with Crippen LogP contribution in [-0.2, 0) is 6.42 Å². The van der Waals surface area contributed by atoms with Gasteiger partial charge in [0, 0.05) is 10.5 Å². The highest BCUT2D eigenvalue weighted by molar-refractivity contribution is 9.10. The van der Waals surface area contributed by atoms with Crippen LogP contribution in [-0.4, -0.2) is 0 Å². The Balaban J connectivity index is 2.20. The van der Waals surface area contributed by atoms with Crippen molar-refractivity contribution in [3.63, 3.8) is 0 Å². The summed E-state index contributed by atoms with van der Waals surface area (Å²) in [5.74, 6) is -0.311. The molecule has 0 aliphatic carbocycles. The quantitative estimate of drug-likeness (QED) is 0.803. The summed E-state index contributed by atoms with van der Waals surface area (Å²) >= 11 is 15.1. The number of hydrogen-bond donors (Lipinski definition) is 1. The van der Waals surface area contributed by atoms with E-state index in [0.29, 0.717) is 20.9 Å². The Morgan fingerprint density at radius 3 is 2.47 bits per heavy atom. The molecule has 2 rings (SSSR count). The summed E-state index contributed by atoms with van der Waals surface area (Å²) in [5, 5.41) is 0.999. The zero-order valence-electron chi connectivity index (χ0n) is 9.84. The molecule has 1 nitrogen and oxygen atoms in total. The van der Waals surface area contributed by atoms with Gasteiger partial charge in [-0.1, -0.05) is 45.2 Å². The van der Waals surface area contributed by atoms with Gasteiger partial charge in [0.25, 0.3) is 0 Å².